The van der Waals surface area contributed by atoms with Gasteiger partial charge < -0.3 is 19.0 Å². The lowest BCUT2D eigenvalue weighted by molar-refractivity contribution is 0.0626. The Hall–Kier alpha value is -2.79. The molecule has 0 aliphatic rings. The van der Waals surface area contributed by atoms with Crippen LogP contribution in [0.15, 0.2) is 63.8 Å². The predicted octanol–water partition coefficient (Wildman–Crippen LogP) is 2.92. The van der Waals surface area contributed by atoms with Gasteiger partial charge in [0.15, 0.2) is 0 Å². The van der Waals surface area contributed by atoms with Crippen molar-refractivity contribution in [2.24, 2.45) is 0 Å². The minimum atomic E-state index is -0.773. The van der Waals surface area contributed by atoms with E-state index in [-0.39, 0.29) is 13.2 Å². The lowest BCUT2D eigenvalue weighted by atomic mass is 10.1. The number of hydrogen-bond acceptors (Lipinski definition) is 5. The van der Waals surface area contributed by atoms with Crippen LogP contribution < -0.4 is 15.1 Å². The van der Waals surface area contributed by atoms with Gasteiger partial charge in [-0.2, -0.15) is 0 Å². The highest BCUT2D eigenvalue weighted by molar-refractivity contribution is 5.81. The van der Waals surface area contributed by atoms with Gasteiger partial charge in [-0.15, -0.1) is 0 Å². The predicted molar refractivity (Wildman–Crippen MR) is 90.7 cm³/mol. The normalized spacial score (nSPS) is 12.1. The Morgan fingerprint density at radius 2 is 1.71 bits per heavy atom. The first kappa shape index (κ1) is 16.1. The van der Waals surface area contributed by atoms with Crippen LogP contribution in [0.3, 0.4) is 0 Å². The van der Waals surface area contributed by atoms with E-state index in [0.717, 1.165) is 10.9 Å². The summed E-state index contributed by atoms with van der Waals surface area (Å²) >= 11 is 0. The Labute approximate surface area is 139 Å². The monoisotopic (exact) mass is 326 g/mol. The van der Waals surface area contributed by atoms with Crippen LogP contribution in [0.4, 0.5) is 0 Å². The molecule has 2 aromatic carbocycles. The van der Waals surface area contributed by atoms with Crippen molar-refractivity contribution in [3.63, 3.8) is 0 Å². The number of hydrogen-bond donors (Lipinski definition) is 1. The fraction of sp³-hybridized carbons (Fsp3) is 0.211. The summed E-state index contributed by atoms with van der Waals surface area (Å²) in [5, 5.41) is 10.8. The standard InChI is InChI=1S/C19H18O5/c1-13-9-19(21)24-18-10-16(7-8-17(13)18)23-12-14(20)11-22-15-5-3-2-4-6-15/h2-10,14,20H,11-12H2,1H3. The third-order valence-electron chi connectivity index (χ3n) is 3.55. The van der Waals surface area contributed by atoms with Crippen molar-refractivity contribution in [2.45, 2.75) is 13.0 Å². The molecule has 124 valence electrons. The number of fused-ring (bicyclic) bond motifs is 1. The smallest absolute Gasteiger partial charge is 0.336 e. The molecule has 1 aromatic heterocycles. The van der Waals surface area contributed by atoms with Gasteiger partial charge >= 0.3 is 5.63 Å². The third kappa shape index (κ3) is 3.94. The van der Waals surface area contributed by atoms with E-state index in [9.17, 15) is 9.90 Å². The second-order valence-electron chi connectivity index (χ2n) is 5.50. The van der Waals surface area contributed by atoms with Crippen LogP contribution in [0.5, 0.6) is 11.5 Å². The average molecular weight is 326 g/mol. The van der Waals surface area contributed by atoms with E-state index >= 15 is 0 Å². The van der Waals surface area contributed by atoms with Crippen LogP contribution in [-0.4, -0.2) is 24.4 Å². The van der Waals surface area contributed by atoms with E-state index in [0.29, 0.717) is 17.1 Å². The topological polar surface area (TPSA) is 68.9 Å². The molecule has 1 unspecified atom stereocenters. The van der Waals surface area contributed by atoms with E-state index in [1.54, 1.807) is 12.1 Å². The zero-order chi connectivity index (χ0) is 16.9. The molecule has 0 aliphatic carbocycles. The summed E-state index contributed by atoms with van der Waals surface area (Å²) < 4.78 is 16.2. The Bertz CT molecular complexity index is 870. The molecule has 0 fully saturated rings. The van der Waals surface area contributed by atoms with Gasteiger partial charge in [-0.1, -0.05) is 18.2 Å². The van der Waals surface area contributed by atoms with E-state index < -0.39 is 11.7 Å². The van der Waals surface area contributed by atoms with Crippen LogP contribution in [0, 0.1) is 6.92 Å². The third-order valence-corrected chi connectivity index (χ3v) is 3.55. The fourth-order valence-electron chi connectivity index (χ4n) is 2.34. The van der Waals surface area contributed by atoms with Crippen LogP contribution >= 0.6 is 0 Å². The highest BCUT2D eigenvalue weighted by atomic mass is 16.5. The molecular formula is C19H18O5. The van der Waals surface area contributed by atoms with Gasteiger partial charge in [-0.25, -0.2) is 4.79 Å². The van der Waals surface area contributed by atoms with Gasteiger partial charge in [0.05, 0.1) is 0 Å². The van der Waals surface area contributed by atoms with Crippen LogP contribution in [0.1, 0.15) is 5.56 Å². The van der Waals surface area contributed by atoms with E-state index in [1.807, 2.05) is 43.3 Å². The molecule has 5 nitrogen and oxygen atoms in total. The maximum absolute atomic E-state index is 11.4. The van der Waals surface area contributed by atoms with Crippen molar-refractivity contribution in [2.75, 3.05) is 13.2 Å². The SMILES string of the molecule is Cc1cc(=O)oc2cc(OCC(O)COc3ccccc3)ccc12. The maximum atomic E-state index is 11.4. The molecule has 1 N–H and O–H groups in total. The van der Waals surface area contributed by atoms with Crippen LogP contribution in [0.2, 0.25) is 0 Å². The molecule has 5 heteroatoms. The molecular weight excluding hydrogens is 308 g/mol. The second-order valence-corrected chi connectivity index (χ2v) is 5.50. The minimum Gasteiger partial charge on any atom is -0.491 e. The molecule has 0 bridgehead atoms. The van der Waals surface area contributed by atoms with Crippen LogP contribution in [0.25, 0.3) is 11.0 Å². The zero-order valence-electron chi connectivity index (χ0n) is 13.3. The van der Waals surface area contributed by atoms with Crippen LogP contribution in [-0.2, 0) is 0 Å². The summed E-state index contributed by atoms with van der Waals surface area (Å²) in [6.45, 7) is 2.06. The molecule has 0 amide bonds. The molecule has 24 heavy (non-hydrogen) atoms. The Balaban J connectivity index is 1.60. The van der Waals surface area contributed by atoms with Crippen molar-refractivity contribution in [1.82, 2.24) is 0 Å². The van der Waals surface area contributed by atoms with E-state index in [4.69, 9.17) is 13.9 Å². The van der Waals surface area contributed by atoms with Gasteiger partial charge in [-0.3, -0.25) is 0 Å². The minimum absolute atomic E-state index is 0.0778. The summed E-state index contributed by atoms with van der Waals surface area (Å²) in [5.41, 5.74) is 0.921. The first-order valence-corrected chi connectivity index (χ1v) is 7.65. The molecule has 0 saturated heterocycles. The van der Waals surface area contributed by atoms with Crippen molar-refractivity contribution in [1.29, 1.82) is 0 Å². The van der Waals surface area contributed by atoms with Crippen molar-refractivity contribution in [3.05, 3.63) is 70.6 Å². The number of aliphatic hydroxyl groups is 1. The van der Waals surface area contributed by atoms with Crippen molar-refractivity contribution < 1.29 is 19.0 Å². The first-order valence-electron chi connectivity index (χ1n) is 7.65. The first-order chi connectivity index (χ1) is 11.6. The summed E-state index contributed by atoms with van der Waals surface area (Å²) in [7, 11) is 0. The number of aryl methyl sites for hydroxylation is 1. The molecule has 3 aromatic rings. The fourth-order valence-corrected chi connectivity index (χ4v) is 2.34. The Morgan fingerprint density at radius 3 is 2.46 bits per heavy atom. The zero-order valence-corrected chi connectivity index (χ0v) is 13.3. The summed E-state index contributed by atoms with van der Waals surface area (Å²) in [5.74, 6) is 1.22. The van der Waals surface area contributed by atoms with Gasteiger partial charge in [-0.05, 0) is 36.8 Å². The van der Waals surface area contributed by atoms with Gasteiger partial charge in [0, 0.05) is 17.5 Å². The molecule has 1 heterocycles. The van der Waals surface area contributed by atoms with Gasteiger partial charge in [0.1, 0.15) is 36.4 Å². The number of ether oxygens (including phenoxy) is 2. The van der Waals surface area contributed by atoms with Gasteiger partial charge in [0.25, 0.3) is 0 Å². The summed E-state index contributed by atoms with van der Waals surface area (Å²) in [6.07, 6.45) is -0.773. The van der Waals surface area contributed by atoms with Crippen molar-refractivity contribution >= 4 is 11.0 Å². The number of rotatable bonds is 6. The average Bonchev–Trinajstić information content (AvgIpc) is 2.58. The maximum Gasteiger partial charge on any atom is 0.336 e. The quantitative estimate of drug-likeness (QED) is 0.705. The highest BCUT2D eigenvalue weighted by Crippen LogP contribution is 2.22. The summed E-state index contributed by atoms with van der Waals surface area (Å²) in [4.78, 5) is 11.4. The molecule has 0 saturated carbocycles. The Kier molecular flexibility index (Phi) is 4.82. The number of aliphatic hydroxyl groups excluding tert-OH is 1. The number of para-hydroxylation sites is 1. The molecule has 0 aliphatic heterocycles. The Morgan fingerprint density at radius 1 is 1.00 bits per heavy atom. The lowest BCUT2D eigenvalue weighted by Gasteiger charge is -2.14. The molecule has 1 atom stereocenters. The van der Waals surface area contributed by atoms with Crippen molar-refractivity contribution in [3.8, 4) is 11.5 Å². The van der Waals surface area contributed by atoms with E-state index in [2.05, 4.69) is 0 Å². The lowest BCUT2D eigenvalue weighted by Crippen LogP contribution is -2.25. The molecule has 3 rings (SSSR count). The summed E-state index contributed by atoms with van der Waals surface area (Å²) in [6, 6.07) is 16.0. The molecule has 0 spiro atoms. The second kappa shape index (κ2) is 7.19. The molecule has 0 radical (unpaired) electrons. The highest BCUT2D eigenvalue weighted by Gasteiger charge is 2.08. The van der Waals surface area contributed by atoms with Gasteiger partial charge in [0.2, 0.25) is 0 Å². The largest absolute Gasteiger partial charge is 0.491 e. The number of benzene rings is 2. The van der Waals surface area contributed by atoms with E-state index in [1.165, 1.54) is 6.07 Å².